The molecule has 3 nitrogen and oxygen atoms in total. The molecule has 0 heterocycles. The Morgan fingerprint density at radius 1 is 0.815 bits per heavy atom. The molecule has 0 saturated heterocycles. The maximum atomic E-state index is 11.3. The minimum Gasteiger partial charge on any atom is -0.508 e. The average molecular weight is 357 g/mol. The predicted molar refractivity (Wildman–Crippen MR) is 112 cm³/mol. The van der Waals surface area contributed by atoms with Crippen molar-refractivity contribution < 1.29 is 9.90 Å². The number of amides is 1. The molecule has 0 unspecified atom stereocenters. The number of anilines is 1. The van der Waals surface area contributed by atoms with Crippen molar-refractivity contribution in [2.45, 2.75) is 20.3 Å². The van der Waals surface area contributed by atoms with Crippen molar-refractivity contribution in [3.05, 3.63) is 95.6 Å². The van der Waals surface area contributed by atoms with Gasteiger partial charge in [0.25, 0.3) is 0 Å². The quantitative estimate of drug-likeness (QED) is 0.574. The van der Waals surface area contributed by atoms with Crippen LogP contribution in [0.4, 0.5) is 5.69 Å². The maximum absolute atomic E-state index is 11.3. The van der Waals surface area contributed by atoms with Gasteiger partial charge in [-0.25, -0.2) is 0 Å². The number of benzene rings is 3. The first-order valence-corrected chi connectivity index (χ1v) is 9.04. The van der Waals surface area contributed by atoms with Gasteiger partial charge in [0.15, 0.2) is 0 Å². The van der Waals surface area contributed by atoms with Crippen LogP contribution in [0.2, 0.25) is 0 Å². The molecule has 3 aromatic rings. The summed E-state index contributed by atoms with van der Waals surface area (Å²) in [7, 11) is 0. The standard InChI is InChI=1S/C24H23NO2/c1-3-23(18-7-5-4-6-8-18)24(20-11-15-22(27)16-12-20)19-9-13-21(14-10-19)25-17(2)26/h4-16,27H,3H2,1-2H3,(H,25,26)/b24-23-. The molecule has 0 aliphatic heterocycles. The summed E-state index contributed by atoms with van der Waals surface area (Å²) in [4.78, 5) is 11.3. The van der Waals surface area contributed by atoms with Crippen molar-refractivity contribution in [3.63, 3.8) is 0 Å². The first-order valence-electron chi connectivity index (χ1n) is 9.04. The zero-order valence-corrected chi connectivity index (χ0v) is 15.6. The molecule has 2 N–H and O–H groups in total. The van der Waals surface area contributed by atoms with Crippen LogP contribution in [-0.2, 0) is 4.79 Å². The molecule has 0 aliphatic carbocycles. The topological polar surface area (TPSA) is 49.3 Å². The highest BCUT2D eigenvalue weighted by Gasteiger charge is 2.13. The van der Waals surface area contributed by atoms with E-state index < -0.39 is 0 Å². The number of carbonyl (C=O) groups is 1. The molecule has 0 aromatic heterocycles. The molecule has 0 atom stereocenters. The second kappa shape index (κ2) is 8.37. The third kappa shape index (κ3) is 4.45. The first-order chi connectivity index (χ1) is 13.1. The fourth-order valence-corrected chi connectivity index (χ4v) is 3.23. The van der Waals surface area contributed by atoms with Gasteiger partial charge in [-0.05, 0) is 58.5 Å². The van der Waals surface area contributed by atoms with Crippen LogP contribution in [0.3, 0.4) is 0 Å². The molecule has 0 radical (unpaired) electrons. The van der Waals surface area contributed by atoms with Crippen molar-refractivity contribution in [3.8, 4) is 5.75 Å². The highest BCUT2D eigenvalue weighted by atomic mass is 16.3. The Kier molecular flexibility index (Phi) is 5.72. The van der Waals surface area contributed by atoms with Crippen molar-refractivity contribution in [1.82, 2.24) is 0 Å². The van der Waals surface area contributed by atoms with Crippen molar-refractivity contribution in [2.75, 3.05) is 5.32 Å². The molecule has 0 bridgehead atoms. The molecule has 0 spiro atoms. The summed E-state index contributed by atoms with van der Waals surface area (Å²) in [6.45, 7) is 3.65. The normalized spacial score (nSPS) is 11.6. The van der Waals surface area contributed by atoms with Crippen LogP contribution in [0, 0.1) is 0 Å². The van der Waals surface area contributed by atoms with Gasteiger partial charge >= 0.3 is 0 Å². The van der Waals surface area contributed by atoms with Crippen LogP contribution in [0.5, 0.6) is 5.75 Å². The Morgan fingerprint density at radius 3 is 1.89 bits per heavy atom. The lowest BCUT2D eigenvalue weighted by atomic mass is 9.88. The Labute approximate surface area is 160 Å². The van der Waals surface area contributed by atoms with E-state index in [9.17, 15) is 9.90 Å². The lowest BCUT2D eigenvalue weighted by molar-refractivity contribution is -0.114. The van der Waals surface area contributed by atoms with Crippen molar-refractivity contribution in [2.24, 2.45) is 0 Å². The minimum absolute atomic E-state index is 0.0874. The van der Waals surface area contributed by atoms with E-state index in [-0.39, 0.29) is 11.7 Å². The van der Waals surface area contributed by atoms with Gasteiger partial charge in [-0.15, -0.1) is 0 Å². The third-order valence-corrected chi connectivity index (χ3v) is 4.43. The fraction of sp³-hybridized carbons (Fsp3) is 0.125. The van der Waals surface area contributed by atoms with Gasteiger partial charge in [0.2, 0.25) is 5.91 Å². The number of rotatable bonds is 5. The molecule has 136 valence electrons. The number of phenolic OH excluding ortho intramolecular Hbond substituents is 1. The van der Waals surface area contributed by atoms with E-state index in [2.05, 4.69) is 24.4 Å². The van der Waals surface area contributed by atoms with Gasteiger partial charge in [0, 0.05) is 12.6 Å². The van der Waals surface area contributed by atoms with Gasteiger partial charge in [0.1, 0.15) is 5.75 Å². The number of hydrogen-bond acceptors (Lipinski definition) is 2. The van der Waals surface area contributed by atoms with Crippen LogP contribution in [0.25, 0.3) is 11.1 Å². The Bertz CT molecular complexity index is 940. The van der Waals surface area contributed by atoms with Crippen LogP contribution < -0.4 is 5.32 Å². The monoisotopic (exact) mass is 357 g/mol. The van der Waals surface area contributed by atoms with E-state index in [4.69, 9.17) is 0 Å². The highest BCUT2D eigenvalue weighted by Crippen LogP contribution is 2.35. The summed E-state index contributed by atoms with van der Waals surface area (Å²) >= 11 is 0. The Morgan fingerprint density at radius 2 is 1.37 bits per heavy atom. The molecule has 0 saturated carbocycles. The molecule has 0 aliphatic rings. The van der Waals surface area contributed by atoms with Gasteiger partial charge in [-0.1, -0.05) is 61.5 Å². The number of phenols is 1. The average Bonchev–Trinajstić information content (AvgIpc) is 2.68. The van der Waals surface area contributed by atoms with Crippen LogP contribution in [0.15, 0.2) is 78.9 Å². The number of allylic oxidation sites excluding steroid dienone is 1. The molecule has 3 heteroatoms. The van der Waals surface area contributed by atoms with Crippen LogP contribution in [-0.4, -0.2) is 11.0 Å². The fourth-order valence-electron chi connectivity index (χ4n) is 3.23. The van der Waals surface area contributed by atoms with E-state index in [0.29, 0.717) is 0 Å². The largest absolute Gasteiger partial charge is 0.508 e. The van der Waals surface area contributed by atoms with E-state index in [1.807, 2.05) is 54.6 Å². The molecule has 1 amide bonds. The smallest absolute Gasteiger partial charge is 0.221 e. The Balaban J connectivity index is 2.17. The second-order valence-corrected chi connectivity index (χ2v) is 6.38. The zero-order chi connectivity index (χ0) is 19.2. The summed E-state index contributed by atoms with van der Waals surface area (Å²) in [6.07, 6.45) is 0.869. The molecule has 3 rings (SSSR count). The first kappa shape index (κ1) is 18.5. The van der Waals surface area contributed by atoms with Gasteiger partial charge in [-0.2, -0.15) is 0 Å². The number of aromatic hydroxyl groups is 1. The predicted octanol–water partition coefficient (Wildman–Crippen LogP) is 5.72. The molecule has 27 heavy (non-hydrogen) atoms. The lowest BCUT2D eigenvalue weighted by Gasteiger charge is -2.17. The molecule has 3 aromatic carbocycles. The van der Waals surface area contributed by atoms with E-state index in [0.717, 1.165) is 28.8 Å². The Hall–Kier alpha value is -3.33. The highest BCUT2D eigenvalue weighted by molar-refractivity contribution is 5.99. The number of hydrogen-bond donors (Lipinski definition) is 2. The van der Waals surface area contributed by atoms with E-state index in [1.165, 1.54) is 18.1 Å². The molecule has 0 fully saturated rings. The summed E-state index contributed by atoms with van der Waals surface area (Å²) in [6, 6.07) is 25.5. The second-order valence-electron chi connectivity index (χ2n) is 6.38. The summed E-state index contributed by atoms with van der Waals surface area (Å²) in [5, 5.41) is 12.5. The number of nitrogens with one attached hydrogen (secondary N) is 1. The minimum atomic E-state index is -0.0874. The van der Waals surface area contributed by atoms with Crippen molar-refractivity contribution >= 4 is 22.7 Å². The van der Waals surface area contributed by atoms with Gasteiger partial charge in [-0.3, -0.25) is 4.79 Å². The van der Waals surface area contributed by atoms with Crippen LogP contribution >= 0.6 is 0 Å². The summed E-state index contributed by atoms with van der Waals surface area (Å²) in [5.74, 6) is 0.160. The lowest BCUT2D eigenvalue weighted by Crippen LogP contribution is -2.05. The van der Waals surface area contributed by atoms with Crippen LogP contribution in [0.1, 0.15) is 37.0 Å². The number of carbonyl (C=O) groups excluding carboxylic acids is 1. The molecular formula is C24H23NO2. The van der Waals surface area contributed by atoms with E-state index >= 15 is 0 Å². The van der Waals surface area contributed by atoms with Crippen molar-refractivity contribution in [1.29, 1.82) is 0 Å². The van der Waals surface area contributed by atoms with E-state index in [1.54, 1.807) is 12.1 Å². The third-order valence-electron chi connectivity index (χ3n) is 4.43. The maximum Gasteiger partial charge on any atom is 0.221 e. The molecular weight excluding hydrogens is 334 g/mol. The van der Waals surface area contributed by atoms with Gasteiger partial charge < -0.3 is 10.4 Å². The zero-order valence-electron chi connectivity index (χ0n) is 15.6. The summed E-state index contributed by atoms with van der Waals surface area (Å²) < 4.78 is 0. The van der Waals surface area contributed by atoms with Gasteiger partial charge in [0.05, 0.1) is 0 Å². The summed E-state index contributed by atoms with van der Waals surface area (Å²) in [5.41, 5.74) is 6.41. The SMILES string of the molecule is CC/C(=C(/c1ccc(O)cc1)c1ccc(NC(C)=O)cc1)c1ccccc1.